The Hall–Kier alpha value is -3.55. The molecule has 0 radical (unpaired) electrons. The summed E-state index contributed by atoms with van der Waals surface area (Å²) in [6, 6.07) is 1.29. The summed E-state index contributed by atoms with van der Waals surface area (Å²) >= 11 is 0. The van der Waals surface area contributed by atoms with Crippen molar-refractivity contribution in [2.75, 3.05) is 6.54 Å². The minimum absolute atomic E-state index is 0.0670. The molecule has 0 spiro atoms. The van der Waals surface area contributed by atoms with Gasteiger partial charge in [-0.2, -0.15) is 9.94 Å². The predicted octanol–water partition coefficient (Wildman–Crippen LogP) is 1.20. The van der Waals surface area contributed by atoms with Crippen LogP contribution in [0.2, 0.25) is 0 Å². The van der Waals surface area contributed by atoms with Crippen LogP contribution in [0.4, 0.5) is 4.79 Å². The summed E-state index contributed by atoms with van der Waals surface area (Å²) in [5.41, 5.74) is -0.557. The van der Waals surface area contributed by atoms with Gasteiger partial charge in [0.15, 0.2) is 11.6 Å². The molecule has 2 N–H and O–H groups in total. The van der Waals surface area contributed by atoms with Gasteiger partial charge in [-0.1, -0.05) is 0 Å². The fraction of sp³-hybridized carbons (Fsp3) is 0.471. The summed E-state index contributed by atoms with van der Waals surface area (Å²) in [6.45, 7) is 8.64. The lowest BCUT2D eigenvalue weighted by molar-refractivity contribution is 0.0505. The molecular formula is C17H22N8O3. The average Bonchev–Trinajstić information content (AvgIpc) is 3.00. The van der Waals surface area contributed by atoms with Crippen LogP contribution in [0.15, 0.2) is 12.4 Å². The molecule has 0 aromatic carbocycles. The number of ether oxygens (including phenoxy) is 1. The van der Waals surface area contributed by atoms with Crippen LogP contribution in [0.3, 0.4) is 0 Å². The Morgan fingerprint density at radius 1 is 1.32 bits per heavy atom. The maximum atomic E-state index is 12.0. The number of aromatic nitrogens is 5. The number of rotatable bonds is 5. The normalized spacial score (nSPS) is 12.0. The van der Waals surface area contributed by atoms with Gasteiger partial charge in [0.1, 0.15) is 23.7 Å². The predicted molar refractivity (Wildman–Crippen MR) is 97.4 cm³/mol. The first-order chi connectivity index (χ1) is 13.1. The van der Waals surface area contributed by atoms with Crippen LogP contribution in [0.1, 0.15) is 55.9 Å². The van der Waals surface area contributed by atoms with E-state index in [4.69, 9.17) is 10.00 Å². The van der Waals surface area contributed by atoms with E-state index in [1.165, 1.54) is 17.1 Å². The first-order valence-corrected chi connectivity index (χ1v) is 8.51. The van der Waals surface area contributed by atoms with Gasteiger partial charge in [0.05, 0.1) is 24.5 Å². The van der Waals surface area contributed by atoms with Gasteiger partial charge >= 0.3 is 6.09 Å². The van der Waals surface area contributed by atoms with Crippen LogP contribution < -0.4 is 10.6 Å². The third kappa shape index (κ3) is 5.47. The van der Waals surface area contributed by atoms with Crippen LogP contribution in [0.25, 0.3) is 5.82 Å². The Balaban J connectivity index is 2.20. The summed E-state index contributed by atoms with van der Waals surface area (Å²) in [4.78, 5) is 36.4. The summed E-state index contributed by atoms with van der Waals surface area (Å²) < 4.78 is 6.69. The fourth-order valence-corrected chi connectivity index (χ4v) is 2.19. The van der Waals surface area contributed by atoms with Gasteiger partial charge in [0, 0.05) is 0 Å². The lowest BCUT2D eigenvalue weighted by atomic mass is 10.2. The molecule has 0 aliphatic carbocycles. The van der Waals surface area contributed by atoms with E-state index in [0.717, 1.165) is 0 Å². The van der Waals surface area contributed by atoms with Crippen LogP contribution in [-0.4, -0.2) is 48.9 Å². The minimum Gasteiger partial charge on any atom is -0.444 e. The molecule has 1 atom stereocenters. The zero-order valence-electron chi connectivity index (χ0n) is 16.3. The van der Waals surface area contributed by atoms with Gasteiger partial charge in [0.25, 0.3) is 5.91 Å². The Labute approximate surface area is 162 Å². The van der Waals surface area contributed by atoms with E-state index in [2.05, 4.69) is 30.7 Å². The van der Waals surface area contributed by atoms with E-state index in [9.17, 15) is 9.59 Å². The van der Waals surface area contributed by atoms with Crippen molar-refractivity contribution in [1.82, 2.24) is 35.4 Å². The monoisotopic (exact) mass is 386 g/mol. The number of hydrogen-bond acceptors (Lipinski definition) is 8. The first-order valence-electron chi connectivity index (χ1n) is 8.51. The summed E-state index contributed by atoms with van der Waals surface area (Å²) in [6.07, 6.45) is 2.05. The van der Waals surface area contributed by atoms with Crippen LogP contribution in [0, 0.1) is 18.3 Å². The van der Waals surface area contributed by atoms with Crippen LogP contribution >= 0.6 is 0 Å². The zero-order valence-corrected chi connectivity index (χ0v) is 16.3. The summed E-state index contributed by atoms with van der Waals surface area (Å²) in [7, 11) is 0. The van der Waals surface area contributed by atoms with Crippen molar-refractivity contribution in [2.45, 2.75) is 46.3 Å². The Kier molecular flexibility index (Phi) is 6.25. The third-order valence-corrected chi connectivity index (χ3v) is 3.27. The highest BCUT2D eigenvalue weighted by molar-refractivity contribution is 5.92. The van der Waals surface area contributed by atoms with E-state index < -0.39 is 23.6 Å². The lowest BCUT2D eigenvalue weighted by Crippen LogP contribution is -2.35. The molecule has 28 heavy (non-hydrogen) atoms. The highest BCUT2D eigenvalue weighted by Crippen LogP contribution is 2.16. The quantitative estimate of drug-likeness (QED) is 0.728. The SMILES string of the molecule is Cc1nc([C@H](C)NC(=O)OC(C)(C)C)n(-c2cnc(C(=O)NCC#N)cn2)n1. The molecule has 0 fully saturated rings. The maximum absolute atomic E-state index is 12.0. The van der Waals surface area contributed by atoms with Crippen molar-refractivity contribution < 1.29 is 14.3 Å². The molecule has 0 aliphatic rings. The molecule has 0 saturated carbocycles. The number of amides is 2. The van der Waals surface area contributed by atoms with Gasteiger partial charge < -0.3 is 15.4 Å². The number of aryl methyl sites for hydroxylation is 1. The lowest BCUT2D eigenvalue weighted by Gasteiger charge is -2.21. The van der Waals surface area contributed by atoms with Gasteiger partial charge in [0.2, 0.25) is 0 Å². The third-order valence-electron chi connectivity index (χ3n) is 3.27. The fourth-order valence-electron chi connectivity index (χ4n) is 2.19. The standard InChI is InChI=1S/C17H22N8O3/c1-10(22-16(27)28-17(3,4)5)14-23-11(2)24-25(14)13-9-20-12(8-21-13)15(26)19-7-6-18/h8-10H,7H2,1-5H3,(H,19,26)(H,22,27)/t10-/m0/s1. The maximum Gasteiger partial charge on any atom is 0.408 e. The van der Waals surface area contributed by atoms with Crippen LogP contribution in [0.5, 0.6) is 0 Å². The van der Waals surface area contributed by atoms with Crippen molar-refractivity contribution in [3.8, 4) is 11.9 Å². The minimum atomic E-state index is -0.624. The van der Waals surface area contributed by atoms with E-state index in [1.54, 1.807) is 34.6 Å². The van der Waals surface area contributed by atoms with Crippen molar-refractivity contribution in [3.63, 3.8) is 0 Å². The topological polar surface area (TPSA) is 148 Å². The van der Waals surface area contributed by atoms with E-state index in [0.29, 0.717) is 17.5 Å². The van der Waals surface area contributed by atoms with Gasteiger partial charge in [-0.25, -0.2) is 19.7 Å². The molecule has 2 aromatic rings. The van der Waals surface area contributed by atoms with E-state index in [-0.39, 0.29) is 12.2 Å². The molecule has 0 unspecified atom stereocenters. The molecule has 0 aliphatic heterocycles. The zero-order chi connectivity index (χ0) is 20.9. The summed E-state index contributed by atoms with van der Waals surface area (Å²) in [5.74, 6) is 0.727. The molecule has 11 heteroatoms. The second-order valence-corrected chi connectivity index (χ2v) is 6.90. The number of carbonyl (C=O) groups is 2. The second-order valence-electron chi connectivity index (χ2n) is 6.90. The molecule has 0 bridgehead atoms. The molecule has 2 amide bonds. The Bertz CT molecular complexity index is 893. The second kappa shape index (κ2) is 8.43. The number of alkyl carbamates (subject to hydrolysis) is 1. The van der Waals surface area contributed by atoms with E-state index in [1.807, 2.05) is 6.07 Å². The van der Waals surface area contributed by atoms with Gasteiger partial charge in [-0.15, -0.1) is 5.10 Å². The van der Waals surface area contributed by atoms with Crippen molar-refractivity contribution in [2.24, 2.45) is 0 Å². The molecule has 2 heterocycles. The number of hydrogen-bond donors (Lipinski definition) is 2. The van der Waals surface area contributed by atoms with Crippen molar-refractivity contribution in [3.05, 3.63) is 29.7 Å². The number of carbonyl (C=O) groups excluding carboxylic acids is 2. The summed E-state index contributed by atoms with van der Waals surface area (Å²) in [5, 5.41) is 17.9. The number of nitriles is 1. The van der Waals surface area contributed by atoms with E-state index >= 15 is 0 Å². The molecule has 11 nitrogen and oxygen atoms in total. The first kappa shape index (κ1) is 20.8. The van der Waals surface area contributed by atoms with Crippen LogP contribution in [-0.2, 0) is 4.74 Å². The highest BCUT2D eigenvalue weighted by Gasteiger charge is 2.22. The Morgan fingerprint density at radius 3 is 2.61 bits per heavy atom. The number of nitrogens with one attached hydrogen (secondary N) is 2. The Morgan fingerprint density at radius 2 is 2.04 bits per heavy atom. The molecule has 148 valence electrons. The smallest absolute Gasteiger partial charge is 0.408 e. The van der Waals surface area contributed by atoms with Crippen molar-refractivity contribution in [1.29, 1.82) is 5.26 Å². The van der Waals surface area contributed by atoms with Crippen molar-refractivity contribution >= 4 is 12.0 Å². The molecule has 2 aromatic heterocycles. The van der Waals surface area contributed by atoms with Gasteiger partial charge in [-0.3, -0.25) is 4.79 Å². The largest absolute Gasteiger partial charge is 0.444 e. The molecule has 2 rings (SSSR count). The number of nitrogens with zero attached hydrogens (tertiary/aromatic N) is 6. The molecule has 0 saturated heterocycles. The van der Waals surface area contributed by atoms with Gasteiger partial charge in [-0.05, 0) is 34.6 Å². The molecular weight excluding hydrogens is 364 g/mol. The average molecular weight is 386 g/mol. The highest BCUT2D eigenvalue weighted by atomic mass is 16.6.